The Kier molecular flexibility index (Phi) is 2.68. The highest BCUT2D eigenvalue weighted by molar-refractivity contribution is 5.35. The van der Waals surface area contributed by atoms with Gasteiger partial charge in [-0.15, -0.1) is 0 Å². The number of halogens is 3. The van der Waals surface area contributed by atoms with Crippen LogP contribution >= 0.6 is 0 Å². The zero-order valence-corrected chi connectivity index (χ0v) is 8.49. The third-order valence-corrected chi connectivity index (χ3v) is 2.27. The van der Waals surface area contributed by atoms with Crippen LogP contribution in [0.4, 0.5) is 13.2 Å². The summed E-state index contributed by atoms with van der Waals surface area (Å²) in [5, 5.41) is 0. The predicted octanol–water partition coefficient (Wildman–Crippen LogP) is 3.26. The van der Waals surface area contributed by atoms with Crippen LogP contribution in [0, 0.1) is 12.7 Å². The fraction of sp³-hybridized carbons (Fsp3) is 0.182. The van der Waals surface area contributed by atoms with Crippen LogP contribution in [0.2, 0.25) is 0 Å². The highest BCUT2D eigenvalue weighted by atomic mass is 19.3. The standard InChI is InChI=1S/C11H9F3N2/c1-7-15-6-10(11(13)14)16(7)9-4-2-8(12)3-5-9/h2-6,11H,1H3. The monoisotopic (exact) mass is 226 g/mol. The Labute approximate surface area is 90.4 Å². The van der Waals surface area contributed by atoms with Gasteiger partial charge in [-0.25, -0.2) is 18.2 Å². The lowest BCUT2D eigenvalue weighted by Gasteiger charge is -2.09. The van der Waals surface area contributed by atoms with E-state index >= 15 is 0 Å². The van der Waals surface area contributed by atoms with Crippen LogP contribution in [0.5, 0.6) is 0 Å². The van der Waals surface area contributed by atoms with Crippen molar-refractivity contribution in [2.75, 3.05) is 0 Å². The lowest BCUT2D eigenvalue weighted by atomic mass is 10.3. The smallest absolute Gasteiger partial charge is 0.280 e. The number of aromatic nitrogens is 2. The lowest BCUT2D eigenvalue weighted by molar-refractivity contribution is 0.144. The van der Waals surface area contributed by atoms with Gasteiger partial charge in [-0.2, -0.15) is 0 Å². The first-order valence-electron chi connectivity index (χ1n) is 4.68. The predicted molar refractivity (Wildman–Crippen MR) is 53.2 cm³/mol. The molecule has 5 heteroatoms. The maximum Gasteiger partial charge on any atom is 0.280 e. The van der Waals surface area contributed by atoms with Crippen LogP contribution in [0.3, 0.4) is 0 Å². The van der Waals surface area contributed by atoms with Gasteiger partial charge in [0.1, 0.15) is 17.3 Å². The minimum Gasteiger partial charge on any atom is -0.295 e. The van der Waals surface area contributed by atoms with Gasteiger partial charge in [-0.05, 0) is 31.2 Å². The molecule has 2 nitrogen and oxygen atoms in total. The maximum atomic E-state index is 12.7. The average molecular weight is 226 g/mol. The van der Waals surface area contributed by atoms with Crippen molar-refractivity contribution in [2.45, 2.75) is 13.3 Å². The van der Waals surface area contributed by atoms with Crippen LogP contribution in [-0.4, -0.2) is 9.55 Å². The fourth-order valence-corrected chi connectivity index (χ4v) is 1.54. The Bertz CT molecular complexity index is 488. The first-order valence-corrected chi connectivity index (χ1v) is 4.68. The second-order valence-corrected chi connectivity index (χ2v) is 3.34. The van der Waals surface area contributed by atoms with Crippen molar-refractivity contribution >= 4 is 0 Å². The SMILES string of the molecule is Cc1ncc(C(F)F)n1-c1ccc(F)cc1. The third-order valence-electron chi connectivity index (χ3n) is 2.27. The van der Waals surface area contributed by atoms with Gasteiger partial charge in [0.2, 0.25) is 0 Å². The number of imidazole rings is 1. The number of rotatable bonds is 2. The molecule has 0 spiro atoms. The van der Waals surface area contributed by atoms with Gasteiger partial charge in [0.25, 0.3) is 6.43 Å². The molecule has 1 aromatic carbocycles. The van der Waals surface area contributed by atoms with Crippen LogP contribution < -0.4 is 0 Å². The van der Waals surface area contributed by atoms with Crippen molar-refractivity contribution in [1.82, 2.24) is 9.55 Å². The summed E-state index contributed by atoms with van der Waals surface area (Å²) in [4.78, 5) is 3.83. The highest BCUT2D eigenvalue weighted by Crippen LogP contribution is 2.23. The molecule has 0 bridgehead atoms. The summed E-state index contributed by atoms with van der Waals surface area (Å²) < 4.78 is 39.4. The van der Waals surface area contributed by atoms with E-state index < -0.39 is 12.2 Å². The Morgan fingerprint density at radius 1 is 1.19 bits per heavy atom. The van der Waals surface area contributed by atoms with Gasteiger partial charge >= 0.3 is 0 Å². The molecule has 0 aliphatic carbocycles. The first kappa shape index (κ1) is 10.7. The van der Waals surface area contributed by atoms with Crippen molar-refractivity contribution in [3.05, 3.63) is 47.8 Å². The van der Waals surface area contributed by atoms with Crippen molar-refractivity contribution in [1.29, 1.82) is 0 Å². The summed E-state index contributed by atoms with van der Waals surface area (Å²) in [6, 6.07) is 5.33. The Hall–Kier alpha value is -1.78. The number of hydrogen-bond donors (Lipinski definition) is 0. The largest absolute Gasteiger partial charge is 0.295 e. The van der Waals surface area contributed by atoms with Crippen molar-refractivity contribution in [3.8, 4) is 5.69 Å². The van der Waals surface area contributed by atoms with Crippen LogP contribution in [0.25, 0.3) is 5.69 Å². The number of hydrogen-bond acceptors (Lipinski definition) is 1. The van der Waals surface area contributed by atoms with E-state index in [1.165, 1.54) is 28.8 Å². The fourth-order valence-electron chi connectivity index (χ4n) is 1.54. The second-order valence-electron chi connectivity index (χ2n) is 3.34. The highest BCUT2D eigenvalue weighted by Gasteiger charge is 2.16. The summed E-state index contributed by atoms with van der Waals surface area (Å²) in [5.74, 6) is 0.0435. The van der Waals surface area contributed by atoms with E-state index in [0.29, 0.717) is 11.5 Å². The van der Waals surface area contributed by atoms with Gasteiger partial charge in [0.05, 0.1) is 6.20 Å². The molecule has 0 radical (unpaired) electrons. The van der Waals surface area contributed by atoms with Crippen LogP contribution in [0.1, 0.15) is 17.9 Å². The summed E-state index contributed by atoms with van der Waals surface area (Å²) >= 11 is 0. The van der Waals surface area contributed by atoms with E-state index in [1.807, 2.05) is 0 Å². The maximum absolute atomic E-state index is 12.7. The molecule has 0 aliphatic heterocycles. The topological polar surface area (TPSA) is 17.8 Å². The van der Waals surface area contributed by atoms with E-state index in [1.54, 1.807) is 6.92 Å². The van der Waals surface area contributed by atoms with Gasteiger partial charge < -0.3 is 0 Å². The van der Waals surface area contributed by atoms with Crippen LogP contribution in [0.15, 0.2) is 30.5 Å². The molecule has 0 fully saturated rings. The van der Waals surface area contributed by atoms with E-state index in [4.69, 9.17) is 0 Å². The molecule has 0 amide bonds. The summed E-state index contributed by atoms with van der Waals surface area (Å²) in [5.41, 5.74) is 0.288. The molecule has 84 valence electrons. The summed E-state index contributed by atoms with van der Waals surface area (Å²) in [6.07, 6.45) is -1.48. The third kappa shape index (κ3) is 1.80. The van der Waals surface area contributed by atoms with Gasteiger partial charge in [-0.1, -0.05) is 0 Å². The summed E-state index contributed by atoms with van der Waals surface area (Å²) in [6.45, 7) is 1.62. The zero-order chi connectivity index (χ0) is 11.7. The van der Waals surface area contributed by atoms with Crippen LogP contribution in [-0.2, 0) is 0 Å². The average Bonchev–Trinajstić information content (AvgIpc) is 2.62. The Morgan fingerprint density at radius 3 is 2.38 bits per heavy atom. The molecule has 0 unspecified atom stereocenters. The summed E-state index contributed by atoms with van der Waals surface area (Å²) in [7, 11) is 0. The quantitative estimate of drug-likeness (QED) is 0.768. The van der Waals surface area contributed by atoms with Gasteiger partial charge in [0.15, 0.2) is 0 Å². The lowest BCUT2D eigenvalue weighted by Crippen LogP contribution is -2.02. The molecule has 0 saturated heterocycles. The molecule has 0 atom stereocenters. The minimum absolute atomic E-state index is 0.191. The molecular weight excluding hydrogens is 217 g/mol. The van der Waals surface area contributed by atoms with E-state index in [9.17, 15) is 13.2 Å². The van der Waals surface area contributed by atoms with Gasteiger partial charge in [0, 0.05) is 5.69 Å². The number of nitrogens with zero attached hydrogens (tertiary/aromatic N) is 2. The molecule has 2 rings (SSSR count). The molecule has 2 aromatic rings. The number of alkyl halides is 2. The second kappa shape index (κ2) is 4.00. The normalized spacial score (nSPS) is 11.1. The van der Waals surface area contributed by atoms with Crippen molar-refractivity contribution < 1.29 is 13.2 Å². The molecule has 1 aromatic heterocycles. The molecule has 1 heterocycles. The van der Waals surface area contributed by atoms with Gasteiger partial charge in [-0.3, -0.25) is 4.57 Å². The van der Waals surface area contributed by atoms with E-state index in [0.717, 1.165) is 6.20 Å². The first-order chi connectivity index (χ1) is 7.59. The number of aryl methyl sites for hydroxylation is 1. The minimum atomic E-state index is -2.61. The Morgan fingerprint density at radius 2 is 1.81 bits per heavy atom. The molecule has 16 heavy (non-hydrogen) atoms. The van der Waals surface area contributed by atoms with E-state index in [2.05, 4.69) is 4.98 Å². The van der Waals surface area contributed by atoms with E-state index in [-0.39, 0.29) is 5.69 Å². The molecular formula is C11H9F3N2. The molecule has 0 N–H and O–H groups in total. The zero-order valence-electron chi connectivity index (χ0n) is 8.49. The molecule has 0 aliphatic rings. The Balaban J connectivity index is 2.54. The molecule has 0 saturated carbocycles. The number of benzene rings is 1. The van der Waals surface area contributed by atoms with Crippen molar-refractivity contribution in [2.24, 2.45) is 0 Å². The van der Waals surface area contributed by atoms with Crippen molar-refractivity contribution in [3.63, 3.8) is 0 Å².